The van der Waals surface area contributed by atoms with Crippen LogP contribution in [0.5, 0.6) is 0 Å². The minimum atomic E-state index is -0.686. The fraction of sp³-hybridized carbons (Fsp3) is 0.333. The van der Waals surface area contributed by atoms with Gasteiger partial charge in [-0.05, 0) is 13.0 Å². The average Bonchev–Trinajstić information content (AvgIpc) is 2.34. The topological polar surface area (TPSA) is 63.0 Å². The third-order valence-corrected chi connectivity index (χ3v) is 1.53. The molecule has 1 atom stereocenters. The van der Waals surface area contributed by atoms with Gasteiger partial charge in [0.1, 0.15) is 6.33 Å². The van der Waals surface area contributed by atoms with Gasteiger partial charge in [0.2, 0.25) is 5.95 Å². The van der Waals surface area contributed by atoms with Gasteiger partial charge >= 0.3 is 0 Å². The van der Waals surface area contributed by atoms with Crippen molar-refractivity contribution in [3.63, 3.8) is 0 Å². The summed E-state index contributed by atoms with van der Waals surface area (Å²) >= 11 is 0. The highest BCUT2D eigenvalue weighted by Gasteiger charge is 2.15. The van der Waals surface area contributed by atoms with E-state index in [1.54, 1.807) is 6.08 Å². The van der Waals surface area contributed by atoms with Crippen molar-refractivity contribution >= 4 is 5.95 Å². The lowest BCUT2D eigenvalue weighted by atomic mass is 10.3. The molecule has 1 aromatic rings. The van der Waals surface area contributed by atoms with Gasteiger partial charge in [-0.1, -0.05) is 0 Å². The highest BCUT2D eigenvalue weighted by molar-refractivity contribution is 5.36. The van der Waals surface area contributed by atoms with Gasteiger partial charge in [-0.2, -0.15) is 14.8 Å². The molecule has 0 aliphatic carbocycles. The SMILES string of the molecule is CC1=CC(O)n2ncnc2N1. The third-order valence-electron chi connectivity index (χ3n) is 1.53. The molecule has 5 nitrogen and oxygen atoms in total. The van der Waals surface area contributed by atoms with Crippen molar-refractivity contribution in [1.29, 1.82) is 0 Å². The minimum absolute atomic E-state index is 0.581. The molecule has 1 aromatic heterocycles. The molecule has 0 radical (unpaired) electrons. The van der Waals surface area contributed by atoms with Crippen LogP contribution in [-0.2, 0) is 0 Å². The first-order chi connectivity index (χ1) is 5.27. The first-order valence-electron chi connectivity index (χ1n) is 3.30. The molecule has 58 valence electrons. The summed E-state index contributed by atoms with van der Waals surface area (Å²) in [6, 6.07) is 0. The van der Waals surface area contributed by atoms with E-state index < -0.39 is 6.23 Å². The number of nitrogens with zero attached hydrogens (tertiary/aromatic N) is 3. The van der Waals surface area contributed by atoms with Gasteiger partial charge in [-0.3, -0.25) is 0 Å². The maximum absolute atomic E-state index is 9.36. The molecule has 0 spiro atoms. The fourth-order valence-corrected chi connectivity index (χ4v) is 1.05. The Morgan fingerprint density at radius 1 is 1.73 bits per heavy atom. The molecule has 2 N–H and O–H groups in total. The van der Waals surface area contributed by atoms with Crippen LogP contribution in [0.4, 0.5) is 5.95 Å². The molecule has 2 rings (SSSR count). The van der Waals surface area contributed by atoms with E-state index in [4.69, 9.17) is 0 Å². The van der Waals surface area contributed by atoms with Crippen molar-refractivity contribution < 1.29 is 5.11 Å². The molecule has 1 aliphatic rings. The standard InChI is InChI=1S/C6H8N4O/c1-4-2-5(11)10-6(9-4)7-3-8-10/h2-3,5,11H,1H3,(H,7,8,9). The quantitative estimate of drug-likeness (QED) is 0.553. The lowest BCUT2D eigenvalue weighted by Crippen LogP contribution is -2.18. The number of fused-ring (bicyclic) bond motifs is 1. The zero-order chi connectivity index (χ0) is 7.84. The molecule has 0 saturated heterocycles. The number of allylic oxidation sites excluding steroid dienone is 1. The number of aromatic nitrogens is 3. The van der Waals surface area contributed by atoms with Crippen LogP contribution >= 0.6 is 0 Å². The summed E-state index contributed by atoms with van der Waals surface area (Å²) in [4.78, 5) is 3.90. The molecule has 0 fully saturated rings. The van der Waals surface area contributed by atoms with E-state index >= 15 is 0 Å². The molecular weight excluding hydrogens is 144 g/mol. The van der Waals surface area contributed by atoms with Gasteiger partial charge < -0.3 is 10.4 Å². The molecule has 0 bridgehead atoms. The maximum Gasteiger partial charge on any atom is 0.228 e. The lowest BCUT2D eigenvalue weighted by Gasteiger charge is -2.17. The van der Waals surface area contributed by atoms with Crippen molar-refractivity contribution in [1.82, 2.24) is 14.8 Å². The number of nitrogens with one attached hydrogen (secondary N) is 1. The molecule has 1 aliphatic heterocycles. The predicted molar refractivity (Wildman–Crippen MR) is 38.7 cm³/mol. The summed E-state index contributed by atoms with van der Waals surface area (Å²) in [5, 5.41) is 16.1. The molecule has 2 heterocycles. The van der Waals surface area contributed by atoms with E-state index in [0.29, 0.717) is 5.95 Å². The molecule has 11 heavy (non-hydrogen) atoms. The summed E-state index contributed by atoms with van der Waals surface area (Å²) in [6.07, 6.45) is 2.38. The Labute approximate surface area is 63.4 Å². The Balaban J connectivity index is 2.45. The van der Waals surface area contributed by atoms with Crippen molar-refractivity contribution in [3.8, 4) is 0 Å². The van der Waals surface area contributed by atoms with Crippen LogP contribution in [0.15, 0.2) is 18.1 Å². The fourth-order valence-electron chi connectivity index (χ4n) is 1.05. The van der Waals surface area contributed by atoms with E-state index in [-0.39, 0.29) is 0 Å². The van der Waals surface area contributed by atoms with Gasteiger partial charge in [0.05, 0.1) is 0 Å². The van der Waals surface area contributed by atoms with E-state index in [1.165, 1.54) is 11.0 Å². The normalized spacial score (nSPS) is 22.0. The summed E-state index contributed by atoms with van der Waals surface area (Å²) in [5.74, 6) is 0.581. The molecule has 5 heteroatoms. The summed E-state index contributed by atoms with van der Waals surface area (Å²) in [7, 11) is 0. The number of hydrogen-bond donors (Lipinski definition) is 2. The third kappa shape index (κ3) is 0.894. The smallest absolute Gasteiger partial charge is 0.228 e. The maximum atomic E-state index is 9.36. The molecule has 0 saturated carbocycles. The monoisotopic (exact) mass is 152 g/mol. The number of hydrogen-bond acceptors (Lipinski definition) is 4. The van der Waals surface area contributed by atoms with Gasteiger partial charge in [-0.15, -0.1) is 0 Å². The van der Waals surface area contributed by atoms with Crippen molar-refractivity contribution in [3.05, 3.63) is 18.1 Å². The van der Waals surface area contributed by atoms with Crippen LogP contribution in [0.1, 0.15) is 13.2 Å². The number of aliphatic hydroxyl groups excluding tert-OH is 1. The first kappa shape index (κ1) is 6.36. The second-order valence-corrected chi connectivity index (χ2v) is 2.42. The molecule has 0 aromatic carbocycles. The molecule has 1 unspecified atom stereocenters. The highest BCUT2D eigenvalue weighted by atomic mass is 16.3. The van der Waals surface area contributed by atoms with Gasteiger partial charge in [0.25, 0.3) is 0 Å². The number of rotatable bonds is 0. The second-order valence-electron chi connectivity index (χ2n) is 2.42. The Morgan fingerprint density at radius 3 is 3.36 bits per heavy atom. The number of anilines is 1. The summed E-state index contributed by atoms with van der Waals surface area (Å²) in [5.41, 5.74) is 0.887. The number of aliphatic hydroxyl groups is 1. The largest absolute Gasteiger partial charge is 0.368 e. The van der Waals surface area contributed by atoms with E-state index in [2.05, 4.69) is 15.4 Å². The Kier molecular flexibility index (Phi) is 1.19. The lowest BCUT2D eigenvalue weighted by molar-refractivity contribution is 0.139. The van der Waals surface area contributed by atoms with Crippen LogP contribution in [0.2, 0.25) is 0 Å². The van der Waals surface area contributed by atoms with Crippen LogP contribution in [0.3, 0.4) is 0 Å². The van der Waals surface area contributed by atoms with Gasteiger partial charge in [0.15, 0.2) is 6.23 Å². The molecular formula is C6H8N4O. The predicted octanol–water partition coefficient (Wildman–Crippen LogP) is 0.0983. The Morgan fingerprint density at radius 2 is 2.55 bits per heavy atom. The zero-order valence-corrected chi connectivity index (χ0v) is 6.02. The summed E-state index contributed by atoms with van der Waals surface area (Å²) < 4.78 is 1.41. The van der Waals surface area contributed by atoms with Crippen molar-refractivity contribution in [2.45, 2.75) is 13.2 Å². The zero-order valence-electron chi connectivity index (χ0n) is 6.02. The Bertz CT molecular complexity index is 303. The minimum Gasteiger partial charge on any atom is -0.368 e. The van der Waals surface area contributed by atoms with Crippen molar-refractivity contribution in [2.75, 3.05) is 5.32 Å². The highest BCUT2D eigenvalue weighted by Crippen LogP contribution is 2.18. The van der Waals surface area contributed by atoms with Crippen LogP contribution in [0.25, 0.3) is 0 Å². The van der Waals surface area contributed by atoms with E-state index in [0.717, 1.165) is 5.70 Å². The van der Waals surface area contributed by atoms with Crippen LogP contribution in [-0.4, -0.2) is 19.9 Å². The van der Waals surface area contributed by atoms with Crippen LogP contribution < -0.4 is 5.32 Å². The van der Waals surface area contributed by atoms with E-state index in [9.17, 15) is 5.11 Å². The first-order valence-corrected chi connectivity index (χ1v) is 3.30. The molecule has 0 amide bonds. The van der Waals surface area contributed by atoms with Crippen molar-refractivity contribution in [2.24, 2.45) is 0 Å². The average molecular weight is 152 g/mol. The second kappa shape index (κ2) is 2.06. The van der Waals surface area contributed by atoms with Gasteiger partial charge in [-0.25, -0.2) is 0 Å². The van der Waals surface area contributed by atoms with Crippen LogP contribution in [0, 0.1) is 0 Å². The van der Waals surface area contributed by atoms with E-state index in [1.807, 2.05) is 6.92 Å². The Hall–Kier alpha value is -1.36. The van der Waals surface area contributed by atoms with Gasteiger partial charge in [0, 0.05) is 5.70 Å². The summed E-state index contributed by atoms with van der Waals surface area (Å²) in [6.45, 7) is 1.86.